The maximum absolute atomic E-state index is 12.3. The van der Waals surface area contributed by atoms with Crippen LogP contribution in [0.15, 0.2) is 28.7 Å². The molecule has 0 radical (unpaired) electrons. The quantitative estimate of drug-likeness (QED) is 0.614. The normalized spacial score (nSPS) is 15.4. The van der Waals surface area contributed by atoms with Crippen LogP contribution in [-0.2, 0) is 9.53 Å². The largest absolute Gasteiger partial charge is 0.492 e. The highest BCUT2D eigenvalue weighted by Gasteiger charge is 2.14. The van der Waals surface area contributed by atoms with Crippen LogP contribution < -0.4 is 4.74 Å². The summed E-state index contributed by atoms with van der Waals surface area (Å²) in [4.78, 5) is 18.5. The molecule has 1 saturated heterocycles. The van der Waals surface area contributed by atoms with Gasteiger partial charge in [-0.25, -0.2) is 0 Å². The molecule has 6 nitrogen and oxygen atoms in total. The molecule has 1 aromatic rings. The van der Waals surface area contributed by atoms with Crippen LogP contribution in [0.4, 0.5) is 0 Å². The summed E-state index contributed by atoms with van der Waals surface area (Å²) in [5.74, 6) is 0.926. The van der Waals surface area contributed by atoms with Crippen molar-refractivity contribution in [1.29, 1.82) is 0 Å². The number of likely N-dealkylation sites (N-methyl/N-ethyl adjacent to an activating group) is 2. The van der Waals surface area contributed by atoms with Gasteiger partial charge in [0, 0.05) is 37.7 Å². The summed E-state index contributed by atoms with van der Waals surface area (Å²) < 4.78 is 12.0. The van der Waals surface area contributed by atoms with Crippen molar-refractivity contribution in [2.24, 2.45) is 0 Å². The zero-order valence-electron chi connectivity index (χ0n) is 15.1. The number of carbonyl (C=O) groups excluding carboxylic acids is 1. The molecular weight excluding hydrogens is 386 g/mol. The van der Waals surface area contributed by atoms with Gasteiger partial charge in [0.25, 0.3) is 0 Å². The molecule has 0 saturated carbocycles. The van der Waals surface area contributed by atoms with Gasteiger partial charge in [-0.1, -0.05) is 15.9 Å². The van der Waals surface area contributed by atoms with Gasteiger partial charge in [-0.2, -0.15) is 0 Å². The highest BCUT2D eigenvalue weighted by molar-refractivity contribution is 9.10. The predicted molar refractivity (Wildman–Crippen MR) is 102 cm³/mol. The van der Waals surface area contributed by atoms with Gasteiger partial charge in [-0.05, 0) is 31.3 Å². The lowest BCUT2D eigenvalue weighted by Crippen LogP contribution is -2.43. The Morgan fingerprint density at radius 2 is 1.88 bits per heavy atom. The zero-order chi connectivity index (χ0) is 18.1. The maximum atomic E-state index is 12.3. The van der Waals surface area contributed by atoms with Crippen molar-refractivity contribution in [1.82, 2.24) is 14.7 Å². The Bertz CT molecular complexity index is 521. The van der Waals surface area contributed by atoms with Crippen molar-refractivity contribution in [3.8, 4) is 5.75 Å². The van der Waals surface area contributed by atoms with Gasteiger partial charge in [0.1, 0.15) is 12.4 Å². The molecule has 1 heterocycles. The molecule has 2 rings (SSSR count). The van der Waals surface area contributed by atoms with E-state index in [-0.39, 0.29) is 5.91 Å². The number of benzene rings is 1. The monoisotopic (exact) mass is 413 g/mol. The van der Waals surface area contributed by atoms with Crippen LogP contribution in [0.1, 0.15) is 0 Å². The van der Waals surface area contributed by atoms with Crippen molar-refractivity contribution >= 4 is 21.8 Å². The summed E-state index contributed by atoms with van der Waals surface area (Å²) in [6.07, 6.45) is 0. The second kappa shape index (κ2) is 10.8. The van der Waals surface area contributed by atoms with Crippen LogP contribution in [0.5, 0.6) is 5.75 Å². The van der Waals surface area contributed by atoms with E-state index < -0.39 is 0 Å². The standard InChI is InChI=1S/C18H28BrN3O3/c1-20(7-8-22-10-12-24-13-11-22)15-18(23)21(2)9-14-25-17-5-3-16(19)4-6-17/h3-6H,7-15H2,1-2H3. The Hall–Kier alpha value is -1.15. The molecule has 1 fully saturated rings. The van der Waals surface area contributed by atoms with Crippen LogP contribution in [0.25, 0.3) is 0 Å². The number of hydrogen-bond donors (Lipinski definition) is 0. The Kier molecular flexibility index (Phi) is 8.67. The van der Waals surface area contributed by atoms with E-state index in [4.69, 9.17) is 9.47 Å². The molecule has 1 amide bonds. The van der Waals surface area contributed by atoms with Crippen LogP contribution in [-0.4, -0.2) is 93.8 Å². The molecule has 1 aliphatic heterocycles. The lowest BCUT2D eigenvalue weighted by molar-refractivity contribution is -0.131. The van der Waals surface area contributed by atoms with E-state index >= 15 is 0 Å². The molecule has 0 bridgehead atoms. The highest BCUT2D eigenvalue weighted by atomic mass is 79.9. The molecule has 0 aromatic heterocycles. The summed E-state index contributed by atoms with van der Waals surface area (Å²) in [6, 6.07) is 7.69. The van der Waals surface area contributed by atoms with Gasteiger partial charge >= 0.3 is 0 Å². The van der Waals surface area contributed by atoms with Gasteiger partial charge < -0.3 is 14.4 Å². The van der Waals surface area contributed by atoms with Gasteiger partial charge in [0.2, 0.25) is 5.91 Å². The summed E-state index contributed by atoms with van der Waals surface area (Å²) >= 11 is 3.39. The number of halogens is 1. The molecule has 0 N–H and O–H groups in total. The number of carbonyl (C=O) groups is 1. The van der Waals surface area contributed by atoms with Crippen LogP contribution >= 0.6 is 15.9 Å². The minimum absolute atomic E-state index is 0.115. The average Bonchev–Trinajstić information content (AvgIpc) is 2.62. The lowest BCUT2D eigenvalue weighted by atomic mass is 10.3. The maximum Gasteiger partial charge on any atom is 0.236 e. The summed E-state index contributed by atoms with van der Waals surface area (Å²) in [7, 11) is 3.81. The third-order valence-corrected chi connectivity index (χ3v) is 4.77. The van der Waals surface area contributed by atoms with Crippen molar-refractivity contribution in [2.45, 2.75) is 0 Å². The van der Waals surface area contributed by atoms with Crippen molar-refractivity contribution in [2.75, 3.05) is 73.2 Å². The van der Waals surface area contributed by atoms with Crippen molar-refractivity contribution < 1.29 is 14.3 Å². The fourth-order valence-electron chi connectivity index (χ4n) is 2.52. The van der Waals surface area contributed by atoms with E-state index in [1.54, 1.807) is 4.90 Å². The number of amides is 1. The smallest absolute Gasteiger partial charge is 0.236 e. The summed E-state index contributed by atoms with van der Waals surface area (Å²) in [5.41, 5.74) is 0. The number of ether oxygens (including phenoxy) is 2. The summed E-state index contributed by atoms with van der Waals surface area (Å²) in [5, 5.41) is 0. The van der Waals surface area contributed by atoms with Crippen molar-refractivity contribution in [3.63, 3.8) is 0 Å². The molecule has 1 aromatic carbocycles. The van der Waals surface area contributed by atoms with E-state index in [0.29, 0.717) is 19.7 Å². The number of morpholine rings is 1. The Balaban J connectivity index is 1.60. The number of rotatable bonds is 9. The average molecular weight is 414 g/mol. The molecule has 0 spiro atoms. The fraction of sp³-hybridized carbons (Fsp3) is 0.611. The van der Waals surface area contributed by atoms with E-state index in [1.165, 1.54) is 0 Å². The molecule has 1 aliphatic rings. The molecule has 0 aliphatic carbocycles. The van der Waals surface area contributed by atoms with Crippen LogP contribution in [0.3, 0.4) is 0 Å². The Morgan fingerprint density at radius 1 is 1.20 bits per heavy atom. The third-order valence-electron chi connectivity index (χ3n) is 4.24. The fourth-order valence-corrected chi connectivity index (χ4v) is 2.79. The van der Waals surface area contributed by atoms with Gasteiger partial charge in [-0.15, -0.1) is 0 Å². The first-order valence-corrected chi connectivity index (χ1v) is 9.45. The molecule has 25 heavy (non-hydrogen) atoms. The SMILES string of the molecule is CN(CCN1CCOCC1)CC(=O)N(C)CCOc1ccc(Br)cc1. The van der Waals surface area contributed by atoms with E-state index in [1.807, 2.05) is 38.4 Å². The second-order valence-electron chi connectivity index (χ2n) is 6.31. The molecule has 0 unspecified atom stereocenters. The second-order valence-corrected chi connectivity index (χ2v) is 7.23. The summed E-state index contributed by atoms with van der Waals surface area (Å²) in [6.45, 7) is 6.93. The lowest BCUT2D eigenvalue weighted by Gasteiger charge is -2.29. The topological polar surface area (TPSA) is 45.2 Å². The third kappa shape index (κ3) is 7.73. The molecular formula is C18H28BrN3O3. The molecule has 0 atom stereocenters. The first-order valence-electron chi connectivity index (χ1n) is 8.65. The Labute approximate surface area is 158 Å². The van der Waals surface area contributed by atoms with E-state index in [9.17, 15) is 4.79 Å². The minimum atomic E-state index is 0.115. The first kappa shape index (κ1) is 20.2. The van der Waals surface area contributed by atoms with E-state index in [2.05, 4.69) is 25.7 Å². The Morgan fingerprint density at radius 3 is 2.56 bits per heavy atom. The predicted octanol–water partition coefficient (Wildman–Crippen LogP) is 1.55. The van der Waals surface area contributed by atoms with E-state index in [0.717, 1.165) is 49.6 Å². The minimum Gasteiger partial charge on any atom is -0.492 e. The highest BCUT2D eigenvalue weighted by Crippen LogP contribution is 2.15. The van der Waals surface area contributed by atoms with Crippen LogP contribution in [0.2, 0.25) is 0 Å². The molecule has 140 valence electrons. The first-order chi connectivity index (χ1) is 12.0. The number of hydrogen-bond acceptors (Lipinski definition) is 5. The van der Waals surface area contributed by atoms with Gasteiger partial charge in [0.15, 0.2) is 0 Å². The zero-order valence-corrected chi connectivity index (χ0v) is 16.7. The van der Waals surface area contributed by atoms with Gasteiger partial charge in [-0.3, -0.25) is 14.6 Å². The van der Waals surface area contributed by atoms with Crippen molar-refractivity contribution in [3.05, 3.63) is 28.7 Å². The van der Waals surface area contributed by atoms with Crippen LogP contribution in [0, 0.1) is 0 Å². The molecule has 7 heteroatoms. The van der Waals surface area contributed by atoms with Gasteiger partial charge in [0.05, 0.1) is 26.3 Å². The number of nitrogens with zero attached hydrogens (tertiary/aromatic N) is 3.